The molecule has 2 amide bonds. The molecule has 1 aromatic rings. The first kappa shape index (κ1) is 22.8. The monoisotopic (exact) mass is 408 g/mol. The molecule has 0 saturated carbocycles. The maximum atomic E-state index is 12.2. The van der Waals surface area contributed by atoms with E-state index in [0.29, 0.717) is 37.7 Å². The fourth-order valence-electron chi connectivity index (χ4n) is 2.56. The van der Waals surface area contributed by atoms with Crippen LogP contribution in [0.3, 0.4) is 0 Å². The van der Waals surface area contributed by atoms with Gasteiger partial charge in [-0.15, -0.1) is 0 Å². The van der Waals surface area contributed by atoms with Crippen molar-refractivity contribution in [3.63, 3.8) is 0 Å². The number of nitrogens with zero attached hydrogens (tertiary/aromatic N) is 1. The lowest BCUT2D eigenvalue weighted by atomic mass is 10.2. The predicted octanol–water partition coefficient (Wildman–Crippen LogP) is 4.05. The molecule has 162 valence electrons. The van der Waals surface area contributed by atoms with Gasteiger partial charge in [0.15, 0.2) is 0 Å². The summed E-state index contributed by atoms with van der Waals surface area (Å²) < 4.78 is 22.1. The van der Waals surface area contributed by atoms with Gasteiger partial charge in [0.25, 0.3) is 0 Å². The maximum Gasteiger partial charge on any atom is 0.412 e. The first-order valence-electron chi connectivity index (χ1n) is 9.74. The molecule has 0 radical (unpaired) electrons. The van der Waals surface area contributed by atoms with E-state index in [4.69, 9.17) is 18.9 Å². The van der Waals surface area contributed by atoms with Crippen LogP contribution in [0.5, 0.6) is 5.75 Å². The van der Waals surface area contributed by atoms with E-state index in [1.165, 1.54) is 0 Å². The third kappa shape index (κ3) is 8.60. The van der Waals surface area contributed by atoms with Crippen molar-refractivity contribution in [1.82, 2.24) is 4.90 Å². The Bertz CT molecular complexity index is 691. The Morgan fingerprint density at radius 2 is 1.69 bits per heavy atom. The minimum absolute atomic E-state index is 0.240. The van der Waals surface area contributed by atoms with Gasteiger partial charge < -0.3 is 23.8 Å². The standard InChI is InChI=1S/C21H32N2O6/c1-20(2,3)28-18(24)22-15-7-9-16(10-8-15)27-14-17-13-23(11-12-26-17)19(25)29-21(4,5)6/h7-10,17H,11-14H2,1-6H3,(H,22,24)/t17-/m0/s1. The van der Waals surface area contributed by atoms with Crippen molar-refractivity contribution in [3.05, 3.63) is 24.3 Å². The number of nitrogens with one attached hydrogen (secondary N) is 1. The van der Waals surface area contributed by atoms with E-state index in [2.05, 4.69) is 5.32 Å². The smallest absolute Gasteiger partial charge is 0.412 e. The lowest BCUT2D eigenvalue weighted by Crippen LogP contribution is -2.49. The van der Waals surface area contributed by atoms with Gasteiger partial charge >= 0.3 is 12.2 Å². The van der Waals surface area contributed by atoms with Gasteiger partial charge in [-0.1, -0.05) is 0 Å². The van der Waals surface area contributed by atoms with Crippen LogP contribution in [0.2, 0.25) is 0 Å². The van der Waals surface area contributed by atoms with Gasteiger partial charge in [0, 0.05) is 12.2 Å². The van der Waals surface area contributed by atoms with E-state index in [1.807, 2.05) is 20.8 Å². The van der Waals surface area contributed by atoms with E-state index in [-0.39, 0.29) is 12.2 Å². The van der Waals surface area contributed by atoms with Crippen LogP contribution in [0.4, 0.5) is 15.3 Å². The molecule has 1 aromatic carbocycles. The fourth-order valence-corrected chi connectivity index (χ4v) is 2.56. The highest BCUT2D eigenvalue weighted by Crippen LogP contribution is 2.18. The molecule has 1 aliphatic heterocycles. The van der Waals surface area contributed by atoms with E-state index >= 15 is 0 Å². The lowest BCUT2D eigenvalue weighted by Gasteiger charge is -2.34. The molecule has 1 saturated heterocycles. The summed E-state index contributed by atoms with van der Waals surface area (Å²) in [4.78, 5) is 25.6. The maximum absolute atomic E-state index is 12.2. The van der Waals surface area contributed by atoms with Gasteiger partial charge in [-0.25, -0.2) is 9.59 Å². The first-order valence-corrected chi connectivity index (χ1v) is 9.74. The Labute approximate surface area is 172 Å². The van der Waals surface area contributed by atoms with E-state index in [0.717, 1.165) is 0 Å². The van der Waals surface area contributed by atoms with Crippen molar-refractivity contribution in [2.24, 2.45) is 0 Å². The van der Waals surface area contributed by atoms with Gasteiger partial charge in [0.05, 0.1) is 13.2 Å². The number of rotatable bonds is 4. The van der Waals surface area contributed by atoms with Crippen LogP contribution in [0.15, 0.2) is 24.3 Å². The minimum atomic E-state index is -0.555. The average Bonchev–Trinajstić information content (AvgIpc) is 2.58. The molecule has 0 aliphatic carbocycles. The van der Waals surface area contributed by atoms with Crippen LogP contribution in [0.25, 0.3) is 0 Å². The largest absolute Gasteiger partial charge is 0.491 e. The molecule has 0 unspecified atom stereocenters. The van der Waals surface area contributed by atoms with Crippen LogP contribution in [-0.4, -0.2) is 60.7 Å². The number of ether oxygens (including phenoxy) is 4. The summed E-state index contributed by atoms with van der Waals surface area (Å²) in [5.74, 6) is 0.637. The zero-order chi connectivity index (χ0) is 21.7. The summed E-state index contributed by atoms with van der Waals surface area (Å²) in [5, 5.41) is 2.67. The minimum Gasteiger partial charge on any atom is -0.491 e. The second-order valence-corrected chi connectivity index (χ2v) is 8.88. The zero-order valence-electron chi connectivity index (χ0n) is 18.1. The quantitative estimate of drug-likeness (QED) is 0.809. The Balaban J connectivity index is 1.80. The highest BCUT2D eigenvalue weighted by molar-refractivity contribution is 5.84. The van der Waals surface area contributed by atoms with Gasteiger partial charge in [-0.2, -0.15) is 0 Å². The first-order chi connectivity index (χ1) is 13.4. The van der Waals surface area contributed by atoms with E-state index < -0.39 is 17.3 Å². The second-order valence-electron chi connectivity index (χ2n) is 8.88. The molecule has 1 N–H and O–H groups in total. The van der Waals surface area contributed by atoms with Crippen LogP contribution < -0.4 is 10.1 Å². The van der Waals surface area contributed by atoms with Gasteiger partial charge in [-0.05, 0) is 65.8 Å². The molecule has 0 aromatic heterocycles. The molecule has 2 rings (SSSR count). The van der Waals surface area contributed by atoms with Gasteiger partial charge in [0.2, 0.25) is 0 Å². The number of benzene rings is 1. The van der Waals surface area contributed by atoms with E-state index in [9.17, 15) is 9.59 Å². The van der Waals surface area contributed by atoms with Crippen LogP contribution in [0, 0.1) is 0 Å². The Kier molecular flexibility index (Phi) is 7.35. The highest BCUT2D eigenvalue weighted by atomic mass is 16.6. The second kappa shape index (κ2) is 9.35. The molecule has 8 heteroatoms. The summed E-state index contributed by atoms with van der Waals surface area (Å²) in [6.07, 6.45) is -1.09. The number of carbonyl (C=O) groups excluding carboxylic acids is 2. The number of anilines is 1. The Morgan fingerprint density at radius 3 is 2.28 bits per heavy atom. The number of hydrogen-bond acceptors (Lipinski definition) is 6. The number of morpholine rings is 1. The number of hydrogen-bond donors (Lipinski definition) is 1. The van der Waals surface area contributed by atoms with Crippen molar-refractivity contribution < 1.29 is 28.5 Å². The summed E-state index contributed by atoms with van der Waals surface area (Å²) >= 11 is 0. The molecule has 0 bridgehead atoms. The average molecular weight is 408 g/mol. The zero-order valence-corrected chi connectivity index (χ0v) is 18.1. The summed E-state index contributed by atoms with van der Waals surface area (Å²) in [7, 11) is 0. The molecule has 1 fully saturated rings. The molecule has 29 heavy (non-hydrogen) atoms. The molecular weight excluding hydrogens is 376 g/mol. The van der Waals surface area contributed by atoms with Crippen molar-refractivity contribution in [1.29, 1.82) is 0 Å². The van der Waals surface area contributed by atoms with Crippen LogP contribution in [-0.2, 0) is 14.2 Å². The lowest BCUT2D eigenvalue weighted by molar-refractivity contribution is -0.0557. The predicted molar refractivity (Wildman–Crippen MR) is 109 cm³/mol. The van der Waals surface area contributed by atoms with Gasteiger partial charge in [-0.3, -0.25) is 5.32 Å². The molecule has 8 nitrogen and oxygen atoms in total. The summed E-state index contributed by atoms with van der Waals surface area (Å²) in [6.45, 7) is 12.6. The SMILES string of the molecule is CC(C)(C)OC(=O)Nc1ccc(OC[C@@H]2CN(C(=O)OC(C)(C)C)CCO2)cc1. The highest BCUT2D eigenvalue weighted by Gasteiger charge is 2.28. The fraction of sp³-hybridized carbons (Fsp3) is 0.619. The molecule has 1 atom stereocenters. The number of carbonyl (C=O) groups is 2. The molecule has 0 spiro atoms. The summed E-state index contributed by atoms with van der Waals surface area (Å²) in [5.41, 5.74) is -0.479. The van der Waals surface area contributed by atoms with Crippen LogP contribution >= 0.6 is 0 Å². The normalized spacial score (nSPS) is 17.4. The topological polar surface area (TPSA) is 86.3 Å². The molecule has 1 aliphatic rings. The third-order valence-corrected chi connectivity index (χ3v) is 3.73. The van der Waals surface area contributed by atoms with E-state index in [1.54, 1.807) is 49.9 Å². The molecular formula is C21H32N2O6. The van der Waals surface area contributed by atoms with Gasteiger partial charge in [0.1, 0.15) is 29.7 Å². The van der Waals surface area contributed by atoms with Crippen molar-refractivity contribution in [3.8, 4) is 5.75 Å². The van der Waals surface area contributed by atoms with Crippen molar-refractivity contribution in [2.75, 3.05) is 31.6 Å². The van der Waals surface area contributed by atoms with Crippen LogP contribution in [0.1, 0.15) is 41.5 Å². The Hall–Kier alpha value is -2.48. The van der Waals surface area contributed by atoms with Crippen molar-refractivity contribution >= 4 is 17.9 Å². The third-order valence-electron chi connectivity index (χ3n) is 3.73. The molecule has 1 heterocycles. The Morgan fingerprint density at radius 1 is 1.07 bits per heavy atom. The number of amides is 2. The summed E-state index contributed by atoms with van der Waals surface area (Å²) in [6, 6.07) is 6.96. The van der Waals surface area contributed by atoms with Crippen molar-refractivity contribution in [2.45, 2.75) is 58.8 Å².